The molecular weight excluding hydrogens is 302 g/mol. The van der Waals surface area contributed by atoms with Crippen LogP contribution in [0, 0.1) is 5.92 Å². The van der Waals surface area contributed by atoms with Gasteiger partial charge in [0.05, 0.1) is 17.3 Å². The standard InChI is InChI=1S/C18H21N5O/c1-11(2)6-15(24)22-18(3)7-12(8-18)23-10-21-14-9-20-17-13(16(14)23)4-5-19-17/h4-5,7,9-11H,6,8H2,1-3H3,(H,19,20)(H,22,24). The summed E-state index contributed by atoms with van der Waals surface area (Å²) in [4.78, 5) is 24.0. The Balaban J connectivity index is 1.65. The molecule has 0 fully saturated rings. The number of fused-ring (bicyclic) bond motifs is 3. The molecule has 0 saturated carbocycles. The molecule has 4 rings (SSSR count). The summed E-state index contributed by atoms with van der Waals surface area (Å²) >= 11 is 0. The smallest absolute Gasteiger partial charge is 0.220 e. The van der Waals surface area contributed by atoms with E-state index in [-0.39, 0.29) is 11.4 Å². The summed E-state index contributed by atoms with van der Waals surface area (Å²) in [5.74, 6) is 0.472. The van der Waals surface area contributed by atoms with E-state index >= 15 is 0 Å². The second-order valence-corrected chi connectivity index (χ2v) is 7.22. The van der Waals surface area contributed by atoms with Crippen LogP contribution in [0.15, 0.2) is 30.9 Å². The largest absolute Gasteiger partial charge is 0.347 e. The first-order chi connectivity index (χ1) is 11.5. The number of nitrogens with one attached hydrogen (secondary N) is 2. The Morgan fingerprint density at radius 2 is 2.25 bits per heavy atom. The van der Waals surface area contributed by atoms with E-state index in [1.807, 2.05) is 18.6 Å². The van der Waals surface area contributed by atoms with Crippen LogP contribution in [0.25, 0.3) is 27.8 Å². The van der Waals surface area contributed by atoms with E-state index in [1.165, 1.54) is 0 Å². The molecule has 0 aromatic carbocycles. The van der Waals surface area contributed by atoms with Gasteiger partial charge in [0.1, 0.15) is 17.5 Å². The molecule has 124 valence electrons. The van der Waals surface area contributed by atoms with Gasteiger partial charge in [0.15, 0.2) is 0 Å². The fourth-order valence-corrected chi connectivity index (χ4v) is 3.42. The second-order valence-electron chi connectivity index (χ2n) is 7.22. The van der Waals surface area contributed by atoms with Gasteiger partial charge >= 0.3 is 0 Å². The van der Waals surface area contributed by atoms with Gasteiger partial charge in [0.25, 0.3) is 0 Å². The van der Waals surface area contributed by atoms with Crippen LogP contribution in [0.4, 0.5) is 0 Å². The van der Waals surface area contributed by atoms with E-state index in [1.54, 1.807) is 6.20 Å². The maximum Gasteiger partial charge on any atom is 0.220 e. The number of carbonyl (C=O) groups excluding carboxylic acids is 1. The van der Waals surface area contributed by atoms with Crippen LogP contribution in [0.5, 0.6) is 0 Å². The maximum atomic E-state index is 12.0. The molecular formula is C18H21N5O. The SMILES string of the molecule is CC(C)CC(=O)NC1(C)C=C(n2cnc3cnc4[nH]ccc4c32)C1. The van der Waals surface area contributed by atoms with Crippen molar-refractivity contribution < 1.29 is 4.79 Å². The quantitative estimate of drug-likeness (QED) is 0.775. The molecule has 1 amide bonds. The van der Waals surface area contributed by atoms with Gasteiger partial charge in [-0.3, -0.25) is 4.79 Å². The number of imidazole rings is 1. The number of hydrogen-bond donors (Lipinski definition) is 2. The van der Waals surface area contributed by atoms with E-state index in [4.69, 9.17) is 0 Å². The molecule has 6 heteroatoms. The third kappa shape index (κ3) is 2.38. The van der Waals surface area contributed by atoms with Crippen molar-refractivity contribution in [3.05, 3.63) is 30.9 Å². The molecule has 1 aliphatic rings. The van der Waals surface area contributed by atoms with Crippen LogP contribution in [0.3, 0.4) is 0 Å². The first kappa shape index (κ1) is 14.9. The molecule has 1 aliphatic carbocycles. The van der Waals surface area contributed by atoms with E-state index in [0.717, 1.165) is 34.2 Å². The van der Waals surface area contributed by atoms with Gasteiger partial charge in [-0.2, -0.15) is 0 Å². The number of carbonyl (C=O) groups is 1. The number of aromatic nitrogens is 4. The number of amides is 1. The van der Waals surface area contributed by atoms with Gasteiger partial charge in [-0.15, -0.1) is 0 Å². The lowest BCUT2D eigenvalue weighted by molar-refractivity contribution is -0.123. The average molecular weight is 323 g/mol. The summed E-state index contributed by atoms with van der Waals surface area (Å²) in [6.07, 6.45) is 8.97. The molecule has 1 atom stereocenters. The van der Waals surface area contributed by atoms with Gasteiger partial charge < -0.3 is 14.9 Å². The average Bonchev–Trinajstić information content (AvgIpc) is 3.09. The predicted molar refractivity (Wildman–Crippen MR) is 94.3 cm³/mol. The normalized spacial score (nSPS) is 20.4. The molecule has 0 radical (unpaired) electrons. The maximum absolute atomic E-state index is 12.0. The van der Waals surface area contributed by atoms with Gasteiger partial charge in [-0.1, -0.05) is 13.8 Å². The van der Waals surface area contributed by atoms with Crippen molar-refractivity contribution in [2.75, 3.05) is 0 Å². The number of aromatic amines is 1. The van der Waals surface area contributed by atoms with Crippen LogP contribution in [-0.4, -0.2) is 31.0 Å². The summed E-state index contributed by atoms with van der Waals surface area (Å²) in [6.45, 7) is 6.16. The minimum Gasteiger partial charge on any atom is -0.347 e. The van der Waals surface area contributed by atoms with Crippen molar-refractivity contribution in [2.24, 2.45) is 5.92 Å². The minimum atomic E-state index is -0.276. The Hall–Kier alpha value is -2.63. The van der Waals surface area contributed by atoms with Gasteiger partial charge in [-0.05, 0) is 25.0 Å². The monoisotopic (exact) mass is 323 g/mol. The molecule has 3 heterocycles. The number of nitrogens with zero attached hydrogens (tertiary/aromatic N) is 3. The molecule has 0 bridgehead atoms. The number of hydrogen-bond acceptors (Lipinski definition) is 3. The molecule has 3 aromatic rings. The van der Waals surface area contributed by atoms with Gasteiger partial charge in [0, 0.05) is 30.1 Å². The van der Waals surface area contributed by atoms with Crippen LogP contribution in [0.2, 0.25) is 0 Å². The number of H-pyrrole nitrogens is 1. The Morgan fingerprint density at radius 1 is 1.46 bits per heavy atom. The molecule has 2 N–H and O–H groups in total. The number of pyridine rings is 1. The molecule has 0 saturated heterocycles. The third-order valence-electron chi connectivity index (χ3n) is 4.45. The zero-order valence-corrected chi connectivity index (χ0v) is 14.1. The molecule has 0 spiro atoms. The van der Waals surface area contributed by atoms with Crippen molar-refractivity contribution in [3.63, 3.8) is 0 Å². The lowest BCUT2D eigenvalue weighted by Gasteiger charge is -2.38. The van der Waals surface area contributed by atoms with Crippen LogP contribution < -0.4 is 5.32 Å². The minimum absolute atomic E-state index is 0.107. The predicted octanol–water partition coefficient (Wildman–Crippen LogP) is 3.08. The second kappa shape index (κ2) is 5.19. The molecule has 3 aromatic heterocycles. The molecule has 6 nitrogen and oxygen atoms in total. The van der Waals surface area contributed by atoms with Crippen molar-refractivity contribution >= 4 is 33.7 Å². The highest BCUT2D eigenvalue weighted by Gasteiger charge is 2.35. The lowest BCUT2D eigenvalue weighted by atomic mass is 9.83. The van der Waals surface area contributed by atoms with Crippen molar-refractivity contribution in [1.82, 2.24) is 24.8 Å². The first-order valence-electron chi connectivity index (χ1n) is 8.27. The summed E-state index contributed by atoms with van der Waals surface area (Å²) < 4.78 is 2.10. The molecule has 1 unspecified atom stereocenters. The summed E-state index contributed by atoms with van der Waals surface area (Å²) in [5.41, 5.74) is 3.67. The summed E-state index contributed by atoms with van der Waals surface area (Å²) in [6, 6.07) is 2.02. The fraction of sp³-hybridized carbons (Fsp3) is 0.389. The van der Waals surface area contributed by atoms with E-state index in [2.05, 4.69) is 51.7 Å². The highest BCUT2D eigenvalue weighted by Crippen LogP contribution is 2.36. The van der Waals surface area contributed by atoms with E-state index < -0.39 is 0 Å². The lowest BCUT2D eigenvalue weighted by Crippen LogP contribution is -2.49. The topological polar surface area (TPSA) is 75.6 Å². The summed E-state index contributed by atoms with van der Waals surface area (Å²) in [7, 11) is 0. The Bertz CT molecular complexity index is 964. The van der Waals surface area contributed by atoms with Crippen molar-refractivity contribution in [1.29, 1.82) is 0 Å². The third-order valence-corrected chi connectivity index (χ3v) is 4.45. The van der Waals surface area contributed by atoms with Gasteiger partial charge in [0.2, 0.25) is 5.91 Å². The Morgan fingerprint density at radius 3 is 3.00 bits per heavy atom. The Labute approximate surface area is 140 Å². The van der Waals surface area contributed by atoms with Crippen molar-refractivity contribution in [3.8, 4) is 0 Å². The van der Waals surface area contributed by atoms with E-state index in [9.17, 15) is 4.79 Å². The fourth-order valence-electron chi connectivity index (χ4n) is 3.42. The summed E-state index contributed by atoms with van der Waals surface area (Å²) in [5, 5.41) is 4.19. The zero-order chi connectivity index (χ0) is 16.9. The van der Waals surface area contributed by atoms with Crippen LogP contribution in [-0.2, 0) is 4.79 Å². The first-order valence-corrected chi connectivity index (χ1v) is 8.27. The van der Waals surface area contributed by atoms with Crippen LogP contribution >= 0.6 is 0 Å². The molecule has 24 heavy (non-hydrogen) atoms. The van der Waals surface area contributed by atoms with Crippen molar-refractivity contribution in [2.45, 2.75) is 39.2 Å². The number of rotatable bonds is 4. The highest BCUT2D eigenvalue weighted by molar-refractivity contribution is 6.02. The van der Waals surface area contributed by atoms with Crippen LogP contribution in [0.1, 0.15) is 33.6 Å². The van der Waals surface area contributed by atoms with Gasteiger partial charge in [-0.25, -0.2) is 9.97 Å². The molecule has 0 aliphatic heterocycles. The Kier molecular flexibility index (Phi) is 3.23. The van der Waals surface area contributed by atoms with E-state index in [0.29, 0.717) is 12.3 Å². The highest BCUT2D eigenvalue weighted by atomic mass is 16.1. The zero-order valence-electron chi connectivity index (χ0n) is 14.1.